The largest absolute Gasteiger partial charge is 0.507 e. The lowest BCUT2D eigenvalue weighted by Gasteiger charge is -2.32. The Kier molecular flexibility index (Phi) is 5.56. The first kappa shape index (κ1) is 18.4. The Morgan fingerprint density at radius 2 is 1.77 bits per heavy atom. The van der Waals surface area contributed by atoms with Crippen LogP contribution >= 0.6 is 15.9 Å². The van der Waals surface area contributed by atoms with Gasteiger partial charge < -0.3 is 15.3 Å². The van der Waals surface area contributed by atoms with E-state index in [2.05, 4.69) is 21.2 Å². The molecular formula is C19H18BrFN2O3. The van der Waals surface area contributed by atoms with Gasteiger partial charge in [0.15, 0.2) is 0 Å². The standard InChI is InChI=1S/C19H18BrFN2O3/c20-13-3-6-17(24)16(11-13)19(26)23-9-7-15(8-10-23)22-18(25)12-1-4-14(21)5-2-12/h1-6,11,15,24H,7-10H2,(H,22,25). The monoisotopic (exact) mass is 420 g/mol. The van der Waals surface area contributed by atoms with Gasteiger partial charge in [-0.15, -0.1) is 0 Å². The van der Waals surface area contributed by atoms with Gasteiger partial charge in [0.25, 0.3) is 11.8 Å². The van der Waals surface area contributed by atoms with Gasteiger partial charge in [-0.05, 0) is 55.3 Å². The fourth-order valence-electron chi connectivity index (χ4n) is 2.95. The van der Waals surface area contributed by atoms with E-state index in [-0.39, 0.29) is 35.0 Å². The lowest BCUT2D eigenvalue weighted by atomic mass is 10.0. The Labute approximate surface area is 158 Å². The average molecular weight is 421 g/mol. The summed E-state index contributed by atoms with van der Waals surface area (Å²) in [5.74, 6) is -0.916. The van der Waals surface area contributed by atoms with E-state index in [9.17, 15) is 19.1 Å². The molecule has 2 N–H and O–H groups in total. The fourth-order valence-corrected chi connectivity index (χ4v) is 3.31. The molecule has 26 heavy (non-hydrogen) atoms. The zero-order chi connectivity index (χ0) is 18.7. The van der Waals surface area contributed by atoms with Crippen molar-refractivity contribution in [1.29, 1.82) is 0 Å². The number of hydrogen-bond acceptors (Lipinski definition) is 3. The van der Waals surface area contributed by atoms with Crippen molar-refractivity contribution >= 4 is 27.7 Å². The molecule has 0 spiro atoms. The molecule has 1 aliphatic rings. The second-order valence-corrected chi connectivity index (χ2v) is 7.12. The number of piperidine rings is 1. The molecule has 1 heterocycles. The summed E-state index contributed by atoms with van der Waals surface area (Å²) in [6, 6.07) is 10.1. The number of aromatic hydroxyl groups is 1. The first-order valence-corrected chi connectivity index (χ1v) is 9.07. The number of benzene rings is 2. The molecule has 2 amide bonds. The number of amides is 2. The highest BCUT2D eigenvalue weighted by molar-refractivity contribution is 9.10. The van der Waals surface area contributed by atoms with E-state index < -0.39 is 0 Å². The highest BCUT2D eigenvalue weighted by Gasteiger charge is 2.26. The minimum Gasteiger partial charge on any atom is -0.507 e. The molecule has 0 unspecified atom stereocenters. The van der Waals surface area contributed by atoms with Crippen LogP contribution in [0.5, 0.6) is 5.75 Å². The maximum Gasteiger partial charge on any atom is 0.257 e. The molecular weight excluding hydrogens is 403 g/mol. The van der Waals surface area contributed by atoms with Gasteiger partial charge in [-0.3, -0.25) is 9.59 Å². The number of carbonyl (C=O) groups excluding carboxylic acids is 2. The third kappa shape index (κ3) is 4.22. The molecule has 0 radical (unpaired) electrons. The SMILES string of the molecule is O=C(NC1CCN(C(=O)c2cc(Br)ccc2O)CC1)c1ccc(F)cc1. The van der Waals surface area contributed by atoms with E-state index in [0.29, 0.717) is 31.5 Å². The molecule has 0 aliphatic carbocycles. The van der Waals surface area contributed by atoms with Crippen LogP contribution in [0.3, 0.4) is 0 Å². The van der Waals surface area contributed by atoms with Crippen LogP contribution in [0, 0.1) is 5.82 Å². The number of hydrogen-bond donors (Lipinski definition) is 2. The normalized spacial score (nSPS) is 14.9. The van der Waals surface area contributed by atoms with E-state index in [1.165, 1.54) is 30.3 Å². The molecule has 0 aromatic heterocycles. The van der Waals surface area contributed by atoms with Crippen LogP contribution in [0.1, 0.15) is 33.6 Å². The lowest BCUT2D eigenvalue weighted by Crippen LogP contribution is -2.46. The molecule has 2 aromatic carbocycles. The molecule has 136 valence electrons. The number of rotatable bonds is 3. The molecule has 7 heteroatoms. The molecule has 0 bridgehead atoms. The van der Waals surface area contributed by atoms with E-state index in [1.54, 1.807) is 17.0 Å². The van der Waals surface area contributed by atoms with Crippen molar-refractivity contribution in [1.82, 2.24) is 10.2 Å². The lowest BCUT2D eigenvalue weighted by molar-refractivity contribution is 0.0695. The van der Waals surface area contributed by atoms with Crippen molar-refractivity contribution in [3.05, 3.63) is 63.9 Å². The summed E-state index contributed by atoms with van der Waals surface area (Å²) >= 11 is 3.30. The average Bonchev–Trinajstić information content (AvgIpc) is 2.64. The minimum absolute atomic E-state index is 0.0484. The zero-order valence-corrected chi connectivity index (χ0v) is 15.5. The van der Waals surface area contributed by atoms with Crippen LogP contribution in [-0.4, -0.2) is 41.0 Å². The predicted molar refractivity (Wildman–Crippen MR) is 98.6 cm³/mol. The quantitative estimate of drug-likeness (QED) is 0.799. The first-order chi connectivity index (χ1) is 12.4. The Morgan fingerprint density at radius 1 is 1.12 bits per heavy atom. The van der Waals surface area contributed by atoms with Gasteiger partial charge in [0.1, 0.15) is 11.6 Å². The Hall–Kier alpha value is -2.41. The van der Waals surface area contributed by atoms with Crippen molar-refractivity contribution in [2.75, 3.05) is 13.1 Å². The van der Waals surface area contributed by atoms with Gasteiger partial charge >= 0.3 is 0 Å². The molecule has 2 aromatic rings. The summed E-state index contributed by atoms with van der Waals surface area (Å²) < 4.78 is 13.7. The summed E-state index contributed by atoms with van der Waals surface area (Å²) in [7, 11) is 0. The van der Waals surface area contributed by atoms with Crippen molar-refractivity contribution < 1.29 is 19.1 Å². The maximum atomic E-state index is 12.9. The topological polar surface area (TPSA) is 69.6 Å². The number of phenols is 1. The summed E-state index contributed by atoms with van der Waals surface area (Å²) in [5.41, 5.74) is 0.664. The third-order valence-corrected chi connectivity index (χ3v) is 4.91. The molecule has 0 atom stereocenters. The Balaban J connectivity index is 1.57. The van der Waals surface area contributed by atoms with Gasteiger partial charge in [0, 0.05) is 29.2 Å². The summed E-state index contributed by atoms with van der Waals surface area (Å²) in [5, 5.41) is 12.8. The highest BCUT2D eigenvalue weighted by Crippen LogP contribution is 2.24. The van der Waals surface area contributed by atoms with Crippen LogP contribution in [0.25, 0.3) is 0 Å². The molecule has 1 saturated heterocycles. The summed E-state index contributed by atoms with van der Waals surface area (Å²) in [6.45, 7) is 0.971. The van der Waals surface area contributed by atoms with Crippen LogP contribution in [-0.2, 0) is 0 Å². The minimum atomic E-state index is -0.385. The van der Waals surface area contributed by atoms with Crippen LogP contribution < -0.4 is 5.32 Å². The van der Waals surface area contributed by atoms with Crippen molar-refractivity contribution in [3.8, 4) is 5.75 Å². The number of halogens is 2. The molecule has 1 fully saturated rings. The van der Waals surface area contributed by atoms with Gasteiger partial charge in [0.2, 0.25) is 0 Å². The van der Waals surface area contributed by atoms with Gasteiger partial charge in [-0.1, -0.05) is 15.9 Å². The predicted octanol–water partition coefficient (Wildman–Crippen LogP) is 3.33. The smallest absolute Gasteiger partial charge is 0.257 e. The van der Waals surface area contributed by atoms with E-state index in [4.69, 9.17) is 0 Å². The number of nitrogens with one attached hydrogen (secondary N) is 1. The summed E-state index contributed by atoms with van der Waals surface area (Å²) in [6.07, 6.45) is 1.24. The molecule has 5 nitrogen and oxygen atoms in total. The highest BCUT2D eigenvalue weighted by atomic mass is 79.9. The molecule has 0 saturated carbocycles. The fraction of sp³-hybridized carbons (Fsp3) is 0.263. The van der Waals surface area contributed by atoms with Gasteiger partial charge in [-0.25, -0.2) is 4.39 Å². The van der Waals surface area contributed by atoms with Gasteiger partial charge in [-0.2, -0.15) is 0 Å². The molecule has 3 rings (SSSR count). The van der Waals surface area contributed by atoms with Crippen LogP contribution in [0.15, 0.2) is 46.9 Å². The number of nitrogens with zero attached hydrogens (tertiary/aromatic N) is 1. The number of likely N-dealkylation sites (tertiary alicyclic amines) is 1. The van der Waals surface area contributed by atoms with E-state index in [1.807, 2.05) is 0 Å². The van der Waals surface area contributed by atoms with Crippen LogP contribution in [0.4, 0.5) is 4.39 Å². The van der Waals surface area contributed by atoms with E-state index >= 15 is 0 Å². The Morgan fingerprint density at radius 3 is 2.42 bits per heavy atom. The zero-order valence-electron chi connectivity index (χ0n) is 13.9. The van der Waals surface area contributed by atoms with Crippen molar-refractivity contribution in [3.63, 3.8) is 0 Å². The Bertz CT molecular complexity index is 818. The summed E-state index contributed by atoms with van der Waals surface area (Å²) in [4.78, 5) is 26.4. The van der Waals surface area contributed by atoms with Crippen LogP contribution in [0.2, 0.25) is 0 Å². The van der Waals surface area contributed by atoms with Crippen molar-refractivity contribution in [2.45, 2.75) is 18.9 Å². The molecule has 1 aliphatic heterocycles. The number of phenolic OH excluding ortho intramolecular Hbond substituents is 1. The first-order valence-electron chi connectivity index (χ1n) is 8.28. The van der Waals surface area contributed by atoms with Crippen molar-refractivity contribution in [2.24, 2.45) is 0 Å². The number of carbonyl (C=O) groups is 2. The third-order valence-electron chi connectivity index (χ3n) is 4.41. The maximum absolute atomic E-state index is 12.9. The second kappa shape index (κ2) is 7.86. The second-order valence-electron chi connectivity index (χ2n) is 6.21. The van der Waals surface area contributed by atoms with E-state index in [0.717, 1.165) is 4.47 Å². The van der Waals surface area contributed by atoms with Gasteiger partial charge in [0.05, 0.1) is 5.56 Å².